The maximum atomic E-state index is 11.9. The Balaban J connectivity index is 1.54. The van der Waals surface area contributed by atoms with Crippen LogP contribution in [0.25, 0.3) is 11.4 Å². The molecule has 116 valence electrons. The van der Waals surface area contributed by atoms with Crippen molar-refractivity contribution in [2.24, 2.45) is 0 Å². The fourth-order valence-electron chi connectivity index (χ4n) is 2.69. The second-order valence-electron chi connectivity index (χ2n) is 5.63. The van der Waals surface area contributed by atoms with Gasteiger partial charge in [0.1, 0.15) is 0 Å². The Kier molecular flexibility index (Phi) is 4.15. The van der Waals surface area contributed by atoms with Gasteiger partial charge in [-0.2, -0.15) is 4.98 Å². The molecule has 1 saturated carbocycles. The molecule has 0 spiro atoms. The Morgan fingerprint density at radius 3 is 2.77 bits per heavy atom. The van der Waals surface area contributed by atoms with E-state index in [0.717, 1.165) is 18.4 Å². The van der Waals surface area contributed by atoms with Crippen LogP contribution in [0.4, 0.5) is 0 Å². The number of pyridine rings is 1. The molecule has 1 aliphatic carbocycles. The van der Waals surface area contributed by atoms with Crippen molar-refractivity contribution in [1.82, 2.24) is 20.4 Å². The Hall–Kier alpha value is -2.28. The van der Waals surface area contributed by atoms with Gasteiger partial charge in [0, 0.05) is 18.0 Å². The van der Waals surface area contributed by atoms with Crippen LogP contribution in [0.15, 0.2) is 29.0 Å². The number of aliphatic hydroxyl groups is 1. The highest BCUT2D eigenvalue weighted by Crippen LogP contribution is 2.32. The number of amides is 1. The third-order valence-electron chi connectivity index (χ3n) is 3.87. The van der Waals surface area contributed by atoms with Crippen LogP contribution in [0, 0.1) is 0 Å². The molecule has 0 saturated heterocycles. The van der Waals surface area contributed by atoms with E-state index in [1.54, 1.807) is 24.5 Å². The number of carbonyl (C=O) groups is 1. The molecule has 2 N–H and O–H groups in total. The maximum absolute atomic E-state index is 11.9. The minimum Gasteiger partial charge on any atom is -0.389 e. The lowest BCUT2D eigenvalue weighted by atomic mass is 9.98. The van der Waals surface area contributed by atoms with Crippen LogP contribution >= 0.6 is 0 Å². The van der Waals surface area contributed by atoms with Gasteiger partial charge in [0.15, 0.2) is 0 Å². The minimum atomic E-state index is -0.846. The van der Waals surface area contributed by atoms with Gasteiger partial charge in [-0.1, -0.05) is 18.0 Å². The average molecular weight is 302 g/mol. The lowest BCUT2D eigenvalue weighted by molar-refractivity contribution is -0.126. The highest BCUT2D eigenvalue weighted by Gasteiger charge is 2.33. The van der Waals surface area contributed by atoms with Gasteiger partial charge in [-0.15, -0.1) is 0 Å². The molecule has 0 atom stereocenters. The van der Waals surface area contributed by atoms with Crippen LogP contribution < -0.4 is 5.32 Å². The van der Waals surface area contributed by atoms with Crippen LogP contribution in [0.2, 0.25) is 0 Å². The summed E-state index contributed by atoms with van der Waals surface area (Å²) in [7, 11) is 0. The van der Waals surface area contributed by atoms with Crippen molar-refractivity contribution >= 4 is 5.91 Å². The molecular formula is C15H18N4O3. The fourth-order valence-corrected chi connectivity index (χ4v) is 2.69. The summed E-state index contributed by atoms with van der Waals surface area (Å²) in [6, 6.07) is 3.56. The summed E-state index contributed by atoms with van der Waals surface area (Å²) in [6.07, 6.45) is 6.75. The summed E-state index contributed by atoms with van der Waals surface area (Å²) >= 11 is 0. The number of carbonyl (C=O) groups excluding carboxylic acids is 1. The molecule has 2 aromatic rings. The second kappa shape index (κ2) is 6.23. The highest BCUT2D eigenvalue weighted by molar-refractivity contribution is 5.76. The topological polar surface area (TPSA) is 101 Å². The minimum absolute atomic E-state index is 0.123. The molecule has 1 fully saturated rings. The average Bonchev–Trinajstić information content (AvgIpc) is 3.15. The smallest absolute Gasteiger partial charge is 0.246 e. The quantitative estimate of drug-likeness (QED) is 0.866. The third kappa shape index (κ3) is 3.48. The molecule has 22 heavy (non-hydrogen) atoms. The highest BCUT2D eigenvalue weighted by atomic mass is 16.5. The molecule has 7 nitrogen and oxygen atoms in total. The molecular weight excluding hydrogens is 284 g/mol. The van der Waals surface area contributed by atoms with Gasteiger partial charge >= 0.3 is 0 Å². The summed E-state index contributed by atoms with van der Waals surface area (Å²) in [5.41, 5.74) is -0.0437. The third-order valence-corrected chi connectivity index (χ3v) is 3.87. The number of hydrogen-bond acceptors (Lipinski definition) is 6. The molecule has 0 aliphatic heterocycles. The van der Waals surface area contributed by atoms with Gasteiger partial charge in [-0.05, 0) is 25.0 Å². The number of nitrogens with zero attached hydrogens (tertiary/aromatic N) is 3. The molecule has 0 radical (unpaired) electrons. The van der Waals surface area contributed by atoms with Crippen molar-refractivity contribution in [3.05, 3.63) is 30.4 Å². The zero-order valence-corrected chi connectivity index (χ0v) is 12.2. The van der Waals surface area contributed by atoms with Gasteiger partial charge in [0.25, 0.3) is 0 Å². The molecule has 2 heterocycles. The van der Waals surface area contributed by atoms with Gasteiger partial charge in [-0.3, -0.25) is 9.78 Å². The Morgan fingerprint density at radius 1 is 1.32 bits per heavy atom. The summed E-state index contributed by atoms with van der Waals surface area (Å²) < 4.78 is 5.11. The first-order valence-electron chi connectivity index (χ1n) is 7.37. The van der Waals surface area contributed by atoms with Crippen molar-refractivity contribution in [3.8, 4) is 11.4 Å². The first-order chi connectivity index (χ1) is 10.6. The number of nitrogens with one attached hydrogen (secondary N) is 1. The SMILES string of the molecule is O=C(CC1(O)CCCC1)NCc1nc(-c2ccncc2)no1. The Labute approximate surface area is 127 Å². The Morgan fingerprint density at radius 2 is 2.05 bits per heavy atom. The fraction of sp³-hybridized carbons (Fsp3) is 0.467. The molecule has 0 aromatic carbocycles. The van der Waals surface area contributed by atoms with Gasteiger partial charge in [0.05, 0.1) is 18.6 Å². The van der Waals surface area contributed by atoms with Crippen LogP contribution in [0.3, 0.4) is 0 Å². The molecule has 0 bridgehead atoms. The van der Waals surface area contributed by atoms with E-state index < -0.39 is 5.60 Å². The van der Waals surface area contributed by atoms with Gasteiger partial charge in [0.2, 0.25) is 17.6 Å². The van der Waals surface area contributed by atoms with E-state index in [9.17, 15) is 9.90 Å². The van der Waals surface area contributed by atoms with E-state index in [1.165, 1.54) is 0 Å². The van der Waals surface area contributed by atoms with Crippen molar-refractivity contribution in [2.45, 2.75) is 44.2 Å². The Bertz CT molecular complexity index is 635. The number of rotatable bonds is 5. The zero-order chi connectivity index (χ0) is 15.4. The van der Waals surface area contributed by atoms with Gasteiger partial charge in [-0.25, -0.2) is 0 Å². The molecule has 7 heteroatoms. The summed E-state index contributed by atoms with van der Waals surface area (Å²) in [6.45, 7) is 0.160. The lowest BCUT2D eigenvalue weighted by Gasteiger charge is -2.20. The zero-order valence-electron chi connectivity index (χ0n) is 12.2. The number of hydrogen-bond donors (Lipinski definition) is 2. The van der Waals surface area contributed by atoms with Crippen LogP contribution in [-0.2, 0) is 11.3 Å². The van der Waals surface area contributed by atoms with Crippen molar-refractivity contribution in [1.29, 1.82) is 0 Å². The van der Waals surface area contributed by atoms with Crippen LogP contribution in [0.5, 0.6) is 0 Å². The van der Waals surface area contributed by atoms with Gasteiger partial charge < -0.3 is 14.9 Å². The molecule has 2 aromatic heterocycles. The predicted octanol–water partition coefficient (Wildman–Crippen LogP) is 1.44. The molecule has 1 aliphatic rings. The van der Waals surface area contributed by atoms with E-state index in [2.05, 4.69) is 20.4 Å². The molecule has 0 unspecified atom stereocenters. The first kappa shape index (κ1) is 14.6. The van der Waals surface area contributed by atoms with Crippen molar-refractivity contribution < 1.29 is 14.4 Å². The van der Waals surface area contributed by atoms with E-state index in [1.807, 2.05) is 0 Å². The summed E-state index contributed by atoms with van der Waals surface area (Å²) in [5.74, 6) is 0.590. The van der Waals surface area contributed by atoms with E-state index >= 15 is 0 Å². The van der Waals surface area contributed by atoms with E-state index in [-0.39, 0.29) is 18.9 Å². The number of aromatic nitrogens is 3. The van der Waals surface area contributed by atoms with Crippen LogP contribution in [0.1, 0.15) is 38.0 Å². The molecule has 1 amide bonds. The lowest BCUT2D eigenvalue weighted by Crippen LogP contribution is -2.34. The largest absolute Gasteiger partial charge is 0.389 e. The predicted molar refractivity (Wildman–Crippen MR) is 77.4 cm³/mol. The second-order valence-corrected chi connectivity index (χ2v) is 5.63. The van der Waals surface area contributed by atoms with Crippen LogP contribution in [-0.4, -0.2) is 31.7 Å². The monoisotopic (exact) mass is 302 g/mol. The normalized spacial score (nSPS) is 16.6. The maximum Gasteiger partial charge on any atom is 0.246 e. The van der Waals surface area contributed by atoms with E-state index in [0.29, 0.717) is 24.6 Å². The summed E-state index contributed by atoms with van der Waals surface area (Å²) in [5, 5.41) is 16.8. The van der Waals surface area contributed by atoms with Crippen molar-refractivity contribution in [3.63, 3.8) is 0 Å². The summed E-state index contributed by atoms with van der Waals surface area (Å²) in [4.78, 5) is 20.0. The van der Waals surface area contributed by atoms with E-state index in [4.69, 9.17) is 4.52 Å². The first-order valence-corrected chi connectivity index (χ1v) is 7.37. The van der Waals surface area contributed by atoms with Crippen molar-refractivity contribution in [2.75, 3.05) is 0 Å². The standard InChI is InChI=1S/C15H18N4O3/c20-12(9-15(21)5-1-2-6-15)17-10-13-18-14(19-22-13)11-3-7-16-8-4-11/h3-4,7-8,21H,1-2,5-6,9-10H2,(H,17,20). The molecule has 3 rings (SSSR count).